The SMILES string of the molecule is C[C@@H]1CCC[C@@H](CS(=O)(=O)Cl)O1. The molecule has 0 saturated carbocycles. The summed E-state index contributed by atoms with van der Waals surface area (Å²) in [5, 5.41) is 0. The van der Waals surface area contributed by atoms with Crippen LogP contribution in [0.5, 0.6) is 0 Å². The Morgan fingerprint density at radius 3 is 2.67 bits per heavy atom. The van der Waals surface area contributed by atoms with Gasteiger partial charge < -0.3 is 4.74 Å². The molecule has 1 aliphatic rings. The standard InChI is InChI=1S/C7H13ClO3S/c1-6-3-2-4-7(11-6)5-12(8,9)10/h6-7H,2-5H2,1H3/t6-,7+/m1/s1. The highest BCUT2D eigenvalue weighted by atomic mass is 35.7. The average molecular weight is 213 g/mol. The van der Waals surface area contributed by atoms with Crippen LogP contribution in [-0.4, -0.2) is 26.4 Å². The molecular weight excluding hydrogens is 200 g/mol. The maximum Gasteiger partial charge on any atom is 0.235 e. The molecule has 2 atom stereocenters. The van der Waals surface area contributed by atoms with Crippen molar-refractivity contribution in [2.75, 3.05) is 5.75 Å². The van der Waals surface area contributed by atoms with E-state index in [-0.39, 0.29) is 18.0 Å². The molecule has 3 nitrogen and oxygen atoms in total. The van der Waals surface area contributed by atoms with E-state index in [1.807, 2.05) is 6.92 Å². The van der Waals surface area contributed by atoms with Crippen LogP contribution in [0.1, 0.15) is 26.2 Å². The van der Waals surface area contributed by atoms with E-state index in [0.717, 1.165) is 19.3 Å². The summed E-state index contributed by atoms with van der Waals surface area (Å²) in [5.74, 6) is -0.0567. The largest absolute Gasteiger partial charge is 0.374 e. The number of halogens is 1. The predicted molar refractivity (Wildman–Crippen MR) is 47.8 cm³/mol. The van der Waals surface area contributed by atoms with Gasteiger partial charge in [0, 0.05) is 10.7 Å². The quantitative estimate of drug-likeness (QED) is 0.652. The lowest BCUT2D eigenvalue weighted by Gasteiger charge is -2.26. The summed E-state index contributed by atoms with van der Waals surface area (Å²) in [6, 6.07) is 0. The van der Waals surface area contributed by atoms with Crippen molar-refractivity contribution in [3.63, 3.8) is 0 Å². The van der Waals surface area contributed by atoms with Gasteiger partial charge >= 0.3 is 0 Å². The zero-order valence-corrected chi connectivity index (χ0v) is 8.57. The van der Waals surface area contributed by atoms with Crippen LogP contribution in [0.15, 0.2) is 0 Å². The predicted octanol–water partition coefficient (Wildman–Crippen LogP) is 1.51. The summed E-state index contributed by atoms with van der Waals surface area (Å²) in [6.45, 7) is 1.95. The van der Waals surface area contributed by atoms with Crippen molar-refractivity contribution >= 4 is 19.7 Å². The Bertz CT molecular complexity index is 237. The Balaban J connectivity index is 2.43. The van der Waals surface area contributed by atoms with E-state index >= 15 is 0 Å². The first-order valence-corrected chi connectivity index (χ1v) is 6.53. The van der Waals surface area contributed by atoms with Gasteiger partial charge in [0.1, 0.15) is 0 Å². The molecular formula is C7H13ClO3S. The Hall–Kier alpha value is 0.200. The third-order valence-corrected chi connectivity index (χ3v) is 3.09. The highest BCUT2D eigenvalue weighted by molar-refractivity contribution is 8.13. The number of rotatable bonds is 2. The van der Waals surface area contributed by atoms with Gasteiger partial charge in [-0.2, -0.15) is 0 Å². The molecule has 1 rings (SSSR count). The number of ether oxygens (including phenoxy) is 1. The second-order valence-corrected chi connectivity index (χ2v) is 6.03. The van der Waals surface area contributed by atoms with Crippen LogP contribution in [0.4, 0.5) is 0 Å². The molecule has 0 aliphatic carbocycles. The second kappa shape index (κ2) is 3.94. The van der Waals surface area contributed by atoms with Crippen molar-refractivity contribution in [1.29, 1.82) is 0 Å². The third-order valence-electron chi connectivity index (χ3n) is 1.95. The Morgan fingerprint density at radius 2 is 2.17 bits per heavy atom. The van der Waals surface area contributed by atoms with Gasteiger partial charge in [0.15, 0.2) is 0 Å². The highest BCUT2D eigenvalue weighted by Crippen LogP contribution is 2.20. The molecule has 0 unspecified atom stereocenters. The lowest BCUT2D eigenvalue weighted by atomic mass is 10.1. The molecule has 1 fully saturated rings. The van der Waals surface area contributed by atoms with Crippen LogP contribution in [0.25, 0.3) is 0 Å². The molecule has 0 bridgehead atoms. The molecule has 12 heavy (non-hydrogen) atoms. The summed E-state index contributed by atoms with van der Waals surface area (Å²) >= 11 is 0. The fraction of sp³-hybridized carbons (Fsp3) is 1.00. The summed E-state index contributed by atoms with van der Waals surface area (Å²) in [7, 11) is 1.71. The van der Waals surface area contributed by atoms with Crippen molar-refractivity contribution in [2.45, 2.75) is 38.4 Å². The molecule has 1 heterocycles. The average Bonchev–Trinajstić information content (AvgIpc) is 1.82. The normalized spacial score (nSPS) is 31.8. The number of hydrogen-bond acceptors (Lipinski definition) is 3. The van der Waals surface area contributed by atoms with Crippen molar-refractivity contribution in [2.24, 2.45) is 0 Å². The molecule has 72 valence electrons. The van der Waals surface area contributed by atoms with Gasteiger partial charge in [-0.1, -0.05) is 0 Å². The maximum absolute atomic E-state index is 10.7. The molecule has 1 saturated heterocycles. The topological polar surface area (TPSA) is 43.4 Å². The van der Waals surface area contributed by atoms with Gasteiger partial charge in [-0.05, 0) is 26.2 Å². The minimum atomic E-state index is -3.40. The lowest BCUT2D eigenvalue weighted by molar-refractivity contribution is -0.0272. The van der Waals surface area contributed by atoms with Crippen LogP contribution >= 0.6 is 10.7 Å². The molecule has 5 heteroatoms. The number of hydrogen-bond donors (Lipinski definition) is 0. The molecule has 0 spiro atoms. The second-order valence-electron chi connectivity index (χ2n) is 3.21. The van der Waals surface area contributed by atoms with Crippen LogP contribution in [0, 0.1) is 0 Å². The van der Waals surface area contributed by atoms with E-state index < -0.39 is 9.05 Å². The first kappa shape index (κ1) is 10.3. The summed E-state index contributed by atoms with van der Waals surface area (Å²) in [5.41, 5.74) is 0. The van der Waals surface area contributed by atoms with Crippen molar-refractivity contribution < 1.29 is 13.2 Å². The molecule has 0 N–H and O–H groups in total. The third kappa shape index (κ3) is 3.74. The van der Waals surface area contributed by atoms with E-state index in [4.69, 9.17) is 15.4 Å². The minimum absolute atomic E-state index is 0.0567. The van der Waals surface area contributed by atoms with Crippen LogP contribution in [0.3, 0.4) is 0 Å². The van der Waals surface area contributed by atoms with Crippen LogP contribution in [0.2, 0.25) is 0 Å². The summed E-state index contributed by atoms with van der Waals surface area (Å²) in [4.78, 5) is 0. The lowest BCUT2D eigenvalue weighted by Crippen LogP contribution is -2.30. The monoisotopic (exact) mass is 212 g/mol. The van der Waals surface area contributed by atoms with Gasteiger partial charge in [0.25, 0.3) is 0 Å². The maximum atomic E-state index is 10.7. The summed E-state index contributed by atoms with van der Waals surface area (Å²) < 4.78 is 26.8. The zero-order valence-electron chi connectivity index (χ0n) is 6.99. The van der Waals surface area contributed by atoms with Crippen LogP contribution in [-0.2, 0) is 13.8 Å². The zero-order chi connectivity index (χ0) is 9.19. The molecule has 0 amide bonds. The van der Waals surface area contributed by atoms with Gasteiger partial charge in [0.2, 0.25) is 9.05 Å². The molecule has 0 aromatic rings. The van der Waals surface area contributed by atoms with E-state index in [9.17, 15) is 8.42 Å². The molecule has 0 radical (unpaired) electrons. The molecule has 0 aromatic carbocycles. The minimum Gasteiger partial charge on any atom is -0.374 e. The van der Waals surface area contributed by atoms with E-state index in [0.29, 0.717) is 0 Å². The Morgan fingerprint density at radius 1 is 1.50 bits per heavy atom. The van der Waals surface area contributed by atoms with Crippen molar-refractivity contribution in [3.05, 3.63) is 0 Å². The summed E-state index contributed by atoms with van der Waals surface area (Å²) in [6.07, 6.45) is 2.81. The molecule has 0 aromatic heterocycles. The fourth-order valence-corrected chi connectivity index (χ4v) is 2.55. The smallest absolute Gasteiger partial charge is 0.235 e. The van der Waals surface area contributed by atoms with Gasteiger partial charge in [0.05, 0.1) is 18.0 Å². The first-order chi connectivity index (χ1) is 5.47. The Kier molecular flexibility index (Phi) is 3.37. The van der Waals surface area contributed by atoms with Crippen molar-refractivity contribution in [1.82, 2.24) is 0 Å². The van der Waals surface area contributed by atoms with E-state index in [1.165, 1.54) is 0 Å². The van der Waals surface area contributed by atoms with E-state index in [2.05, 4.69) is 0 Å². The Labute approximate surface area is 77.5 Å². The van der Waals surface area contributed by atoms with Gasteiger partial charge in [-0.25, -0.2) is 8.42 Å². The first-order valence-electron chi connectivity index (χ1n) is 4.05. The molecule has 1 aliphatic heterocycles. The highest BCUT2D eigenvalue weighted by Gasteiger charge is 2.23. The van der Waals surface area contributed by atoms with E-state index in [1.54, 1.807) is 0 Å². The van der Waals surface area contributed by atoms with Gasteiger partial charge in [-0.3, -0.25) is 0 Å². The fourth-order valence-electron chi connectivity index (χ4n) is 1.44. The van der Waals surface area contributed by atoms with Gasteiger partial charge in [-0.15, -0.1) is 0 Å². The van der Waals surface area contributed by atoms with Crippen LogP contribution < -0.4 is 0 Å². The van der Waals surface area contributed by atoms with Crippen molar-refractivity contribution in [3.8, 4) is 0 Å².